The molecule has 1 aliphatic heterocycles. The van der Waals surface area contributed by atoms with Crippen molar-refractivity contribution in [1.82, 2.24) is 14.8 Å². The van der Waals surface area contributed by atoms with Gasteiger partial charge < -0.3 is 24.8 Å². The first kappa shape index (κ1) is 29.8. The Morgan fingerprint density at radius 1 is 1.07 bits per heavy atom. The van der Waals surface area contributed by atoms with Gasteiger partial charge in [-0.2, -0.15) is 0 Å². The zero-order chi connectivity index (χ0) is 30.7. The Labute approximate surface area is 239 Å². The Morgan fingerprint density at radius 2 is 1.69 bits per heavy atom. The van der Waals surface area contributed by atoms with Crippen molar-refractivity contribution in [2.75, 3.05) is 18.4 Å². The number of fused-ring (bicyclic) bond motifs is 1. The Hall–Kier alpha value is -3.64. The number of piperidine rings is 1. The van der Waals surface area contributed by atoms with Crippen molar-refractivity contribution in [3.63, 3.8) is 0 Å². The number of halogens is 5. The average Bonchev–Trinajstić information content (AvgIpc) is 3.77. The zero-order valence-electron chi connectivity index (χ0n) is 23.6. The predicted octanol–water partition coefficient (Wildman–Crippen LogP) is 5.45. The van der Waals surface area contributed by atoms with Gasteiger partial charge in [0.15, 0.2) is 0 Å². The quantitative estimate of drug-likeness (QED) is 0.396. The fraction of sp³-hybridized carbons (Fsp3) is 0.552. The summed E-state index contributed by atoms with van der Waals surface area (Å²) in [5.74, 6) is -1.90. The third kappa shape index (κ3) is 5.57. The van der Waals surface area contributed by atoms with Gasteiger partial charge in [0.2, 0.25) is 0 Å². The van der Waals surface area contributed by atoms with Crippen LogP contribution in [0.2, 0.25) is 0 Å². The number of carbonyl (C=O) groups excluding carboxylic acids is 2. The number of amides is 2. The van der Waals surface area contributed by atoms with Gasteiger partial charge in [-0.3, -0.25) is 9.59 Å². The first-order chi connectivity index (χ1) is 19.6. The van der Waals surface area contributed by atoms with Gasteiger partial charge in [0.05, 0.1) is 22.9 Å². The fourth-order valence-electron chi connectivity index (χ4n) is 5.69. The van der Waals surface area contributed by atoms with Crippen LogP contribution in [0.1, 0.15) is 74.5 Å². The van der Waals surface area contributed by atoms with Crippen molar-refractivity contribution in [1.29, 1.82) is 0 Å². The summed E-state index contributed by atoms with van der Waals surface area (Å²) in [6.45, 7) is 7.52. The minimum absolute atomic E-state index is 0.0248. The fourth-order valence-corrected chi connectivity index (χ4v) is 5.69. The second-order valence-corrected chi connectivity index (χ2v) is 12.3. The van der Waals surface area contributed by atoms with E-state index in [1.807, 2.05) is 0 Å². The largest absolute Gasteiger partial charge is 0.444 e. The molecule has 1 saturated heterocycles. The van der Waals surface area contributed by atoms with Gasteiger partial charge in [0, 0.05) is 48.8 Å². The summed E-state index contributed by atoms with van der Waals surface area (Å²) in [6, 6.07) is 3.32. The summed E-state index contributed by atoms with van der Waals surface area (Å²) >= 11 is 0. The van der Waals surface area contributed by atoms with E-state index in [0.29, 0.717) is 13.1 Å². The van der Waals surface area contributed by atoms with E-state index in [4.69, 9.17) is 4.74 Å². The van der Waals surface area contributed by atoms with Gasteiger partial charge in [-0.25, -0.2) is 26.7 Å². The van der Waals surface area contributed by atoms with Gasteiger partial charge in [0.25, 0.3) is 24.3 Å². The van der Waals surface area contributed by atoms with Crippen LogP contribution in [-0.2, 0) is 10.3 Å². The topological polar surface area (TPSA) is 92.7 Å². The minimum Gasteiger partial charge on any atom is -0.444 e. The second kappa shape index (κ2) is 10.6. The molecule has 0 bridgehead atoms. The number of hydrogen-bond acceptors (Lipinski definition) is 5. The average molecular weight is 597 g/mol. The van der Waals surface area contributed by atoms with E-state index in [1.165, 1.54) is 19.1 Å². The molecule has 1 unspecified atom stereocenters. The molecule has 2 saturated carbocycles. The normalized spacial score (nSPS) is 23.0. The Bertz CT molecular complexity index is 1440. The molecule has 13 heteroatoms. The number of likely N-dealkylation sites (tertiary alicyclic amines) is 1. The number of rotatable bonds is 8. The number of anilines is 1. The van der Waals surface area contributed by atoms with Gasteiger partial charge in [-0.05, 0) is 40.5 Å². The molecule has 1 aromatic heterocycles. The molecule has 2 amide bonds. The molecule has 8 nitrogen and oxygen atoms in total. The van der Waals surface area contributed by atoms with Crippen LogP contribution >= 0.6 is 0 Å². The Morgan fingerprint density at radius 3 is 2.24 bits per heavy atom. The van der Waals surface area contributed by atoms with Crippen LogP contribution in [0.15, 0.2) is 35.3 Å². The monoisotopic (exact) mass is 596 g/mol. The number of pyridine rings is 1. The van der Waals surface area contributed by atoms with E-state index >= 15 is 0 Å². The second-order valence-electron chi connectivity index (χ2n) is 12.3. The van der Waals surface area contributed by atoms with E-state index in [2.05, 4.69) is 10.6 Å². The van der Waals surface area contributed by atoms with Crippen LogP contribution in [0, 0.1) is 17.7 Å². The number of carbonyl (C=O) groups is 2. The molecular weight excluding hydrogens is 563 g/mol. The summed E-state index contributed by atoms with van der Waals surface area (Å²) in [4.78, 5) is 40.5. The Kier molecular flexibility index (Phi) is 7.51. The summed E-state index contributed by atoms with van der Waals surface area (Å²) < 4.78 is 75.3. The van der Waals surface area contributed by atoms with Crippen LogP contribution in [0.4, 0.5) is 32.4 Å². The molecule has 4 atom stereocenters. The number of hydrogen-bond donors (Lipinski definition) is 2. The maximum Gasteiger partial charge on any atom is 0.410 e. The molecule has 5 rings (SSSR count). The Balaban J connectivity index is 1.38. The smallest absolute Gasteiger partial charge is 0.410 e. The molecule has 1 aromatic carbocycles. The van der Waals surface area contributed by atoms with Crippen LogP contribution in [0.5, 0.6) is 0 Å². The molecule has 0 spiro atoms. The molecule has 228 valence electrons. The van der Waals surface area contributed by atoms with Crippen LogP contribution < -0.4 is 16.2 Å². The van der Waals surface area contributed by atoms with Crippen molar-refractivity contribution >= 4 is 17.7 Å². The number of alkyl halides is 4. The number of aromatic nitrogens is 1. The number of nitrogens with one attached hydrogen (secondary N) is 2. The minimum atomic E-state index is -3.06. The highest BCUT2D eigenvalue weighted by Gasteiger charge is 2.58. The van der Waals surface area contributed by atoms with Crippen molar-refractivity contribution in [2.24, 2.45) is 11.8 Å². The summed E-state index contributed by atoms with van der Waals surface area (Å²) in [7, 11) is 0. The van der Waals surface area contributed by atoms with Gasteiger partial charge in [-0.15, -0.1) is 0 Å². The maximum atomic E-state index is 14.8. The van der Waals surface area contributed by atoms with Crippen molar-refractivity contribution in [2.45, 2.75) is 76.6 Å². The first-order valence-corrected chi connectivity index (χ1v) is 13.8. The number of benzene rings is 1. The molecule has 2 heterocycles. The van der Waals surface area contributed by atoms with Crippen LogP contribution in [0.3, 0.4) is 0 Å². The lowest BCUT2D eigenvalue weighted by molar-refractivity contribution is 0.0272. The van der Waals surface area contributed by atoms with Crippen molar-refractivity contribution < 1.29 is 36.3 Å². The number of ether oxygens (including phenoxy) is 1. The van der Waals surface area contributed by atoms with Crippen molar-refractivity contribution in [3.8, 4) is 0 Å². The van der Waals surface area contributed by atoms with E-state index in [-0.39, 0.29) is 47.5 Å². The maximum absolute atomic E-state index is 14.8. The predicted molar refractivity (Wildman–Crippen MR) is 143 cm³/mol. The number of nitrogens with zero attached hydrogens (tertiary/aromatic N) is 2. The molecule has 2 N–H and O–H groups in total. The SMILES string of the molecule is C[C@@H](NC(=O)c1cn(C2(C(F)F)CC2)c(=O)cc1NC1[C@H]2CN(C(=O)OC(C)(C)C)C[C@@H]12)c1cccc(C(F)F)c1F. The highest BCUT2D eigenvalue weighted by atomic mass is 19.3. The highest BCUT2D eigenvalue weighted by molar-refractivity contribution is 5.99. The third-order valence-electron chi connectivity index (χ3n) is 8.22. The van der Waals surface area contributed by atoms with E-state index in [9.17, 15) is 36.3 Å². The lowest BCUT2D eigenvalue weighted by Gasteiger charge is -2.26. The third-order valence-corrected chi connectivity index (χ3v) is 8.22. The summed E-state index contributed by atoms with van der Waals surface area (Å²) in [5.41, 5.74) is -4.06. The summed E-state index contributed by atoms with van der Waals surface area (Å²) in [5, 5.41) is 5.74. The molecule has 42 heavy (non-hydrogen) atoms. The molecule has 0 radical (unpaired) electrons. The molecular formula is C29H33F5N4O4. The van der Waals surface area contributed by atoms with E-state index in [1.54, 1.807) is 25.7 Å². The standard InChI is InChI=1S/C29H33F5N4O4/c1-14(15-6-5-7-16(22(15)30)24(31)32)35-25(40)19-13-38(29(8-9-29)26(33)34)21(39)10-20(19)36-23-17-11-37(12-18(17)23)27(41)42-28(2,3)4/h5-7,10,13-14,17-18,23-24,26,36H,8-9,11-12H2,1-4H3,(H,35,40)/t14-,17-,18+,23?/m1/s1. The van der Waals surface area contributed by atoms with E-state index in [0.717, 1.165) is 22.9 Å². The van der Waals surface area contributed by atoms with E-state index < -0.39 is 59.0 Å². The molecule has 3 fully saturated rings. The van der Waals surface area contributed by atoms with Gasteiger partial charge in [-0.1, -0.05) is 18.2 Å². The first-order valence-electron chi connectivity index (χ1n) is 13.8. The van der Waals surface area contributed by atoms with Gasteiger partial charge in [0.1, 0.15) is 17.0 Å². The lowest BCUT2D eigenvalue weighted by Crippen LogP contribution is -2.39. The van der Waals surface area contributed by atoms with Crippen LogP contribution in [-0.4, -0.2) is 52.6 Å². The highest BCUT2D eigenvalue weighted by Crippen LogP contribution is 2.49. The molecule has 2 aliphatic carbocycles. The molecule has 2 aromatic rings. The van der Waals surface area contributed by atoms with Crippen molar-refractivity contribution in [3.05, 3.63) is 63.3 Å². The zero-order valence-corrected chi connectivity index (χ0v) is 23.6. The molecule has 3 aliphatic rings. The van der Waals surface area contributed by atoms with Crippen LogP contribution in [0.25, 0.3) is 0 Å². The van der Waals surface area contributed by atoms with Gasteiger partial charge >= 0.3 is 6.09 Å². The summed E-state index contributed by atoms with van der Waals surface area (Å²) in [6.07, 6.45) is -5.11. The lowest BCUT2D eigenvalue weighted by atomic mass is 10.0.